The number of β-amino-alcohol motifs (C(OH)–C–C–N with tert-alkyl or cyclic N) is 1. The zero-order valence-electron chi connectivity index (χ0n) is 21.6. The van der Waals surface area contributed by atoms with Crippen LogP contribution >= 0.6 is 0 Å². The van der Waals surface area contributed by atoms with Gasteiger partial charge in [0.1, 0.15) is 0 Å². The molecule has 1 aromatic carbocycles. The van der Waals surface area contributed by atoms with Crippen LogP contribution < -0.4 is 10.9 Å². The molecule has 0 spiro atoms. The van der Waals surface area contributed by atoms with Gasteiger partial charge in [-0.15, -0.1) is 0 Å². The van der Waals surface area contributed by atoms with E-state index < -0.39 is 19.0 Å². The van der Waals surface area contributed by atoms with Crippen LogP contribution in [0.1, 0.15) is 41.1 Å². The fraction of sp³-hybridized carbons (Fsp3) is 0.522. The van der Waals surface area contributed by atoms with Crippen LogP contribution in [0, 0.1) is 6.92 Å². The Morgan fingerprint density at radius 2 is 2.13 bits per heavy atom. The quantitative estimate of drug-likeness (QED) is 0.748. The normalized spacial score (nSPS) is 25.4. The van der Waals surface area contributed by atoms with Gasteiger partial charge in [0.15, 0.2) is 0 Å². The second kappa shape index (κ2) is 9.62. The summed E-state index contributed by atoms with van der Waals surface area (Å²) in [4.78, 5) is 28.0. The van der Waals surface area contributed by atoms with Crippen LogP contribution in [0.2, 0.25) is 0 Å². The Morgan fingerprint density at radius 1 is 1.32 bits per heavy atom. The van der Waals surface area contributed by atoms with Crippen molar-refractivity contribution in [3.63, 3.8) is 0 Å². The minimum atomic E-state index is -1.96. The number of carbonyl (C=O) groups is 1. The average Bonchev–Trinajstić information content (AvgIpc) is 2.83. The van der Waals surface area contributed by atoms with Crippen LogP contribution in [0.4, 0.5) is 4.79 Å². The first-order valence-electron chi connectivity index (χ1n) is 12.6. The fourth-order valence-electron chi connectivity index (χ4n) is 3.99. The van der Waals surface area contributed by atoms with Crippen molar-refractivity contribution in [3.8, 4) is 0 Å². The Kier molecular flexibility index (Phi) is 5.25. The van der Waals surface area contributed by atoms with E-state index in [1.165, 1.54) is 9.58 Å². The molecule has 1 aromatic heterocycles. The van der Waals surface area contributed by atoms with Crippen LogP contribution in [-0.2, 0) is 12.9 Å². The summed E-state index contributed by atoms with van der Waals surface area (Å²) >= 11 is 0. The number of fused-ring (bicyclic) bond motifs is 1. The number of urea groups is 1. The molecular formula is C23H31N5O3. The molecule has 0 saturated carbocycles. The molecule has 0 aliphatic carbocycles. The molecular weight excluding hydrogens is 394 g/mol. The lowest BCUT2D eigenvalue weighted by atomic mass is 10.00. The first-order valence-corrected chi connectivity index (χ1v) is 10.6. The van der Waals surface area contributed by atoms with Gasteiger partial charge in [-0.1, -0.05) is 24.3 Å². The molecule has 2 aromatic rings. The molecule has 1 saturated heterocycles. The summed E-state index contributed by atoms with van der Waals surface area (Å²) in [6.45, 7) is 0.139. The third-order valence-electron chi connectivity index (χ3n) is 5.68. The van der Waals surface area contributed by atoms with Crippen molar-refractivity contribution in [1.82, 2.24) is 24.9 Å². The van der Waals surface area contributed by atoms with Gasteiger partial charge in [0.25, 0.3) is 5.56 Å². The van der Waals surface area contributed by atoms with E-state index in [0.29, 0.717) is 30.6 Å². The molecule has 1 fully saturated rings. The molecule has 4 rings (SSSR count). The van der Waals surface area contributed by atoms with Crippen LogP contribution in [-0.4, -0.2) is 69.5 Å². The van der Waals surface area contributed by atoms with Crippen LogP contribution in [0.25, 0.3) is 0 Å². The van der Waals surface area contributed by atoms with E-state index in [0.717, 1.165) is 6.42 Å². The lowest BCUT2D eigenvalue weighted by Crippen LogP contribution is -2.50. The first kappa shape index (κ1) is 16.9. The van der Waals surface area contributed by atoms with Gasteiger partial charge in [0.2, 0.25) is 0 Å². The summed E-state index contributed by atoms with van der Waals surface area (Å²) < 4.78 is 35.2. The molecule has 31 heavy (non-hydrogen) atoms. The van der Waals surface area contributed by atoms with Gasteiger partial charge >= 0.3 is 6.03 Å². The number of amides is 2. The summed E-state index contributed by atoms with van der Waals surface area (Å²) in [5, 5.41) is 17.4. The molecule has 0 bridgehead atoms. The number of benzene rings is 1. The molecule has 2 aliphatic heterocycles. The molecule has 2 atom stereocenters. The first-order chi connectivity index (χ1) is 16.5. The molecule has 3 heterocycles. The number of aryl methyl sites for hydroxylation is 1. The number of aliphatic hydroxyl groups excluding tert-OH is 1. The van der Waals surface area contributed by atoms with Gasteiger partial charge in [0, 0.05) is 56.5 Å². The van der Waals surface area contributed by atoms with Gasteiger partial charge in [0.05, 0.1) is 12.1 Å². The molecule has 0 unspecified atom stereocenters. The Balaban J connectivity index is 1.36. The van der Waals surface area contributed by atoms with Gasteiger partial charge in [-0.3, -0.25) is 9.69 Å². The van der Waals surface area contributed by atoms with E-state index in [2.05, 4.69) is 10.4 Å². The lowest BCUT2D eigenvalue weighted by Gasteiger charge is -2.33. The van der Waals surface area contributed by atoms with Crippen molar-refractivity contribution in [2.45, 2.75) is 44.8 Å². The van der Waals surface area contributed by atoms with Crippen LogP contribution in [0.3, 0.4) is 0 Å². The maximum Gasteiger partial charge on any atom is 0.317 e. The number of aliphatic hydroxyl groups is 1. The fourth-order valence-corrected chi connectivity index (χ4v) is 3.99. The van der Waals surface area contributed by atoms with E-state index in [1.54, 1.807) is 48.4 Å². The Morgan fingerprint density at radius 3 is 2.97 bits per heavy atom. The SMILES string of the molecule is [2H]C1([2H])CN(C[C@@H](O)CNC(=O)N2CCC[C@@H](n3nccc(C)c3=O)C2)C([2H])([2H])c2ccccc21. The number of aromatic nitrogens is 2. The summed E-state index contributed by atoms with van der Waals surface area (Å²) in [6.07, 6.45) is 0.153. The third-order valence-corrected chi connectivity index (χ3v) is 5.68. The second-order valence-corrected chi connectivity index (χ2v) is 8.06. The topological polar surface area (TPSA) is 90.7 Å². The molecule has 2 amide bonds. The zero-order chi connectivity index (χ0) is 25.4. The largest absolute Gasteiger partial charge is 0.390 e. The highest BCUT2D eigenvalue weighted by Crippen LogP contribution is 2.20. The predicted molar refractivity (Wildman–Crippen MR) is 118 cm³/mol. The number of hydrogen-bond donors (Lipinski definition) is 2. The minimum absolute atomic E-state index is 0.111. The van der Waals surface area contributed by atoms with E-state index in [4.69, 9.17) is 5.48 Å². The Hall–Kier alpha value is -2.71. The molecule has 8 nitrogen and oxygen atoms in total. The number of nitrogens with one attached hydrogen (secondary N) is 1. The van der Waals surface area contributed by atoms with Crippen molar-refractivity contribution < 1.29 is 15.4 Å². The maximum absolute atomic E-state index is 12.8. The number of hydrogen-bond acceptors (Lipinski definition) is 5. The van der Waals surface area contributed by atoms with Crippen molar-refractivity contribution in [3.05, 3.63) is 63.6 Å². The highest BCUT2D eigenvalue weighted by Gasteiger charge is 2.27. The van der Waals surface area contributed by atoms with Crippen molar-refractivity contribution in [2.24, 2.45) is 0 Å². The van der Waals surface area contributed by atoms with E-state index in [1.807, 2.05) is 0 Å². The number of carbonyl (C=O) groups excluding carboxylic acids is 1. The van der Waals surface area contributed by atoms with E-state index >= 15 is 0 Å². The maximum atomic E-state index is 12.8. The summed E-state index contributed by atoms with van der Waals surface area (Å²) in [5.74, 6) is 0. The van der Waals surface area contributed by atoms with Gasteiger partial charge in [-0.2, -0.15) is 5.10 Å². The standard InChI is InChI=1S/C23H31N5O3/c1-17-8-10-25-28(22(17)30)20-7-4-11-27(15-20)23(31)24-13-21(29)16-26-12-9-18-5-2-3-6-19(18)14-26/h2-3,5-6,8,10,20-21,29H,4,7,9,11-16H2,1H3,(H,24,31)/t20-,21+/m1/s1/i9D2,14D2. The highest BCUT2D eigenvalue weighted by atomic mass is 16.3. The van der Waals surface area contributed by atoms with Crippen molar-refractivity contribution >= 4 is 6.03 Å². The molecule has 2 aliphatic rings. The van der Waals surface area contributed by atoms with Crippen LogP contribution in [0.5, 0.6) is 0 Å². The van der Waals surface area contributed by atoms with Gasteiger partial charge in [-0.25, -0.2) is 9.48 Å². The third kappa shape index (κ3) is 5.14. The summed E-state index contributed by atoms with van der Waals surface area (Å²) in [5.41, 5.74) is 0.972. The van der Waals surface area contributed by atoms with Gasteiger partial charge in [-0.05, 0) is 43.3 Å². The summed E-state index contributed by atoms with van der Waals surface area (Å²) in [6, 6.07) is 7.55. The minimum Gasteiger partial charge on any atom is -0.390 e. The average molecular weight is 430 g/mol. The second-order valence-electron chi connectivity index (χ2n) is 8.06. The van der Waals surface area contributed by atoms with Crippen LogP contribution in [0.15, 0.2) is 41.3 Å². The number of piperidine rings is 1. The number of rotatable bonds is 5. The lowest BCUT2D eigenvalue weighted by molar-refractivity contribution is 0.101. The monoisotopic (exact) mass is 429 g/mol. The molecule has 166 valence electrons. The number of likely N-dealkylation sites (tertiary alicyclic amines) is 1. The smallest absolute Gasteiger partial charge is 0.317 e. The number of nitrogens with zero attached hydrogens (tertiary/aromatic N) is 4. The Labute approximate surface area is 188 Å². The highest BCUT2D eigenvalue weighted by molar-refractivity contribution is 5.74. The molecule has 8 heteroatoms. The Bertz CT molecular complexity index is 1140. The van der Waals surface area contributed by atoms with Crippen molar-refractivity contribution in [2.75, 3.05) is 32.7 Å². The van der Waals surface area contributed by atoms with E-state index in [9.17, 15) is 14.7 Å². The van der Waals surface area contributed by atoms with Gasteiger partial charge < -0.3 is 15.3 Å². The molecule has 0 radical (unpaired) electrons. The van der Waals surface area contributed by atoms with Crippen molar-refractivity contribution in [1.29, 1.82) is 0 Å². The zero-order valence-corrected chi connectivity index (χ0v) is 17.6. The summed E-state index contributed by atoms with van der Waals surface area (Å²) in [7, 11) is 0. The molecule has 2 N–H and O–H groups in total. The van der Waals surface area contributed by atoms with E-state index in [-0.39, 0.29) is 42.8 Å². The predicted octanol–water partition coefficient (Wildman–Crippen LogP) is 1.32.